The van der Waals surface area contributed by atoms with E-state index in [0.29, 0.717) is 13.1 Å². The first-order valence-electron chi connectivity index (χ1n) is 4.82. The Kier molecular flexibility index (Phi) is 2.91. The van der Waals surface area contributed by atoms with Gasteiger partial charge in [0.1, 0.15) is 0 Å². The number of nitrogens with one attached hydrogen (secondary N) is 1. The number of amides is 2. The van der Waals surface area contributed by atoms with E-state index >= 15 is 0 Å². The first-order valence-corrected chi connectivity index (χ1v) is 5.19. The molecule has 7 heteroatoms. The van der Waals surface area contributed by atoms with Crippen molar-refractivity contribution in [1.29, 1.82) is 0 Å². The molecule has 0 aliphatic carbocycles. The van der Waals surface area contributed by atoms with Crippen molar-refractivity contribution in [3.8, 4) is 0 Å². The van der Waals surface area contributed by atoms with Crippen molar-refractivity contribution < 1.29 is 18.0 Å². The van der Waals surface area contributed by atoms with E-state index in [0.717, 1.165) is 12.1 Å². The van der Waals surface area contributed by atoms with Crippen molar-refractivity contribution in [2.75, 3.05) is 18.0 Å². The lowest BCUT2D eigenvalue weighted by atomic mass is 10.2. The van der Waals surface area contributed by atoms with E-state index < -0.39 is 11.7 Å². The van der Waals surface area contributed by atoms with E-state index in [-0.39, 0.29) is 16.7 Å². The van der Waals surface area contributed by atoms with E-state index in [1.165, 1.54) is 11.0 Å². The normalized spacial score (nSPS) is 16.2. The van der Waals surface area contributed by atoms with Crippen LogP contribution >= 0.6 is 11.6 Å². The molecule has 1 heterocycles. The smallest absolute Gasteiger partial charge is 0.336 e. The summed E-state index contributed by atoms with van der Waals surface area (Å²) < 4.78 is 37.2. The number of alkyl halides is 3. The molecule has 0 aromatic heterocycles. The molecular weight excluding hydrogens is 257 g/mol. The van der Waals surface area contributed by atoms with Gasteiger partial charge in [-0.05, 0) is 18.2 Å². The van der Waals surface area contributed by atoms with E-state index in [2.05, 4.69) is 5.32 Å². The van der Waals surface area contributed by atoms with Crippen molar-refractivity contribution >= 4 is 23.3 Å². The zero-order valence-electron chi connectivity index (χ0n) is 8.51. The Balaban J connectivity index is 2.35. The third-order valence-electron chi connectivity index (χ3n) is 2.42. The molecular formula is C10H8ClF3N2O. The molecule has 0 spiro atoms. The molecule has 17 heavy (non-hydrogen) atoms. The Bertz CT molecular complexity index is 461. The van der Waals surface area contributed by atoms with Crippen LogP contribution in [0.15, 0.2) is 18.2 Å². The molecule has 0 unspecified atom stereocenters. The molecule has 3 nitrogen and oxygen atoms in total. The van der Waals surface area contributed by atoms with Crippen LogP contribution < -0.4 is 10.2 Å². The zero-order chi connectivity index (χ0) is 12.6. The fourth-order valence-corrected chi connectivity index (χ4v) is 1.89. The standard InChI is InChI=1S/C10H8ClF3N2O/c11-7-5-6(10(12,13)14)1-2-8(7)16-4-3-15-9(16)17/h1-2,5H,3-4H2,(H,15,17). The van der Waals surface area contributed by atoms with E-state index in [1.807, 2.05) is 0 Å². The van der Waals surface area contributed by atoms with Gasteiger partial charge >= 0.3 is 12.2 Å². The second-order valence-corrected chi connectivity index (χ2v) is 3.95. The Labute approximate surface area is 100 Å². The fraction of sp³-hybridized carbons (Fsp3) is 0.300. The highest BCUT2D eigenvalue weighted by Crippen LogP contribution is 2.35. The third kappa shape index (κ3) is 2.31. The second kappa shape index (κ2) is 4.10. The second-order valence-electron chi connectivity index (χ2n) is 3.55. The van der Waals surface area contributed by atoms with Crippen LogP contribution in [0.3, 0.4) is 0 Å². The van der Waals surface area contributed by atoms with Crippen molar-refractivity contribution in [2.24, 2.45) is 0 Å². The van der Waals surface area contributed by atoms with Crippen LogP contribution in [0.25, 0.3) is 0 Å². The Morgan fingerprint density at radius 2 is 2.06 bits per heavy atom. The third-order valence-corrected chi connectivity index (χ3v) is 2.73. The van der Waals surface area contributed by atoms with Crippen LogP contribution in [0.4, 0.5) is 23.7 Å². The van der Waals surface area contributed by atoms with E-state index in [9.17, 15) is 18.0 Å². The van der Waals surface area contributed by atoms with Crippen LogP contribution in [0.5, 0.6) is 0 Å². The van der Waals surface area contributed by atoms with Gasteiger partial charge in [-0.15, -0.1) is 0 Å². The summed E-state index contributed by atoms with van der Waals surface area (Å²) in [7, 11) is 0. The number of benzene rings is 1. The summed E-state index contributed by atoms with van der Waals surface area (Å²) in [5, 5.41) is 2.46. The molecule has 0 radical (unpaired) electrons. The lowest BCUT2D eigenvalue weighted by molar-refractivity contribution is -0.137. The summed E-state index contributed by atoms with van der Waals surface area (Å²) in [5.41, 5.74) is -0.541. The number of nitrogens with zero attached hydrogens (tertiary/aromatic N) is 1. The lowest BCUT2D eigenvalue weighted by Gasteiger charge is -2.17. The molecule has 1 saturated heterocycles. The molecule has 1 N–H and O–H groups in total. The largest absolute Gasteiger partial charge is 0.416 e. The highest BCUT2D eigenvalue weighted by molar-refractivity contribution is 6.34. The van der Waals surface area contributed by atoms with Crippen LogP contribution in [0.1, 0.15) is 5.56 Å². The van der Waals surface area contributed by atoms with Gasteiger partial charge in [-0.3, -0.25) is 4.90 Å². The van der Waals surface area contributed by atoms with Crippen LogP contribution in [-0.2, 0) is 6.18 Å². The molecule has 92 valence electrons. The zero-order valence-corrected chi connectivity index (χ0v) is 9.27. The SMILES string of the molecule is O=C1NCCN1c1ccc(C(F)(F)F)cc1Cl. The predicted octanol–water partition coefficient (Wildman–Crippen LogP) is 2.89. The highest BCUT2D eigenvalue weighted by atomic mass is 35.5. The average molecular weight is 265 g/mol. The van der Waals surface area contributed by atoms with Gasteiger partial charge in [-0.25, -0.2) is 4.79 Å². The molecule has 1 fully saturated rings. The summed E-state index contributed by atoms with van der Waals surface area (Å²) in [5.74, 6) is 0. The minimum Gasteiger partial charge on any atom is -0.336 e. The van der Waals surface area contributed by atoms with Gasteiger partial charge in [0.05, 0.1) is 16.3 Å². The maximum atomic E-state index is 12.4. The van der Waals surface area contributed by atoms with Crippen molar-refractivity contribution in [3.63, 3.8) is 0 Å². The number of urea groups is 1. The maximum absolute atomic E-state index is 12.4. The summed E-state index contributed by atoms with van der Waals surface area (Å²) in [6.45, 7) is 0.847. The Morgan fingerprint density at radius 3 is 2.53 bits per heavy atom. The van der Waals surface area contributed by atoms with Gasteiger partial charge < -0.3 is 5.32 Å². The van der Waals surface area contributed by atoms with Crippen LogP contribution in [0, 0.1) is 0 Å². The molecule has 1 aliphatic heterocycles. The van der Waals surface area contributed by atoms with Crippen molar-refractivity contribution in [1.82, 2.24) is 5.32 Å². The number of carbonyl (C=O) groups excluding carboxylic acids is 1. The van der Waals surface area contributed by atoms with Gasteiger partial charge in [0.2, 0.25) is 0 Å². The molecule has 1 aromatic rings. The average Bonchev–Trinajstić information content (AvgIpc) is 2.63. The summed E-state index contributed by atoms with van der Waals surface area (Å²) in [6.07, 6.45) is -4.44. The minimum absolute atomic E-state index is 0.0862. The first kappa shape index (κ1) is 12.0. The minimum atomic E-state index is -4.44. The van der Waals surface area contributed by atoms with Crippen molar-refractivity contribution in [3.05, 3.63) is 28.8 Å². The van der Waals surface area contributed by atoms with Gasteiger partial charge in [-0.2, -0.15) is 13.2 Å². The topological polar surface area (TPSA) is 32.3 Å². The molecule has 1 aromatic carbocycles. The Morgan fingerprint density at radius 1 is 1.35 bits per heavy atom. The number of carbonyl (C=O) groups is 1. The number of rotatable bonds is 1. The van der Waals surface area contributed by atoms with Gasteiger partial charge in [0.25, 0.3) is 0 Å². The first-order chi connectivity index (χ1) is 7.89. The quantitative estimate of drug-likeness (QED) is 0.831. The van der Waals surface area contributed by atoms with Gasteiger partial charge in [0.15, 0.2) is 0 Å². The number of hydrogen-bond donors (Lipinski definition) is 1. The van der Waals surface area contributed by atoms with Gasteiger partial charge in [0, 0.05) is 13.1 Å². The summed E-state index contributed by atoms with van der Waals surface area (Å²) >= 11 is 5.76. The molecule has 0 atom stereocenters. The van der Waals surface area contributed by atoms with E-state index in [4.69, 9.17) is 11.6 Å². The molecule has 1 aliphatic rings. The fourth-order valence-electron chi connectivity index (χ4n) is 1.60. The number of hydrogen-bond acceptors (Lipinski definition) is 1. The molecule has 2 rings (SSSR count). The van der Waals surface area contributed by atoms with Crippen molar-refractivity contribution in [2.45, 2.75) is 6.18 Å². The molecule has 0 saturated carbocycles. The molecule has 2 amide bonds. The number of halogens is 4. The van der Waals surface area contributed by atoms with Crippen LogP contribution in [-0.4, -0.2) is 19.1 Å². The summed E-state index contributed by atoms with van der Waals surface area (Å²) in [4.78, 5) is 12.7. The number of anilines is 1. The Hall–Kier alpha value is -1.43. The summed E-state index contributed by atoms with van der Waals surface area (Å²) in [6, 6.07) is 2.58. The maximum Gasteiger partial charge on any atom is 0.416 e. The lowest BCUT2D eigenvalue weighted by Crippen LogP contribution is -2.28. The molecule has 0 bridgehead atoms. The van der Waals surface area contributed by atoms with E-state index in [1.54, 1.807) is 0 Å². The highest BCUT2D eigenvalue weighted by Gasteiger charge is 2.32. The van der Waals surface area contributed by atoms with Gasteiger partial charge in [-0.1, -0.05) is 11.6 Å². The monoisotopic (exact) mass is 264 g/mol. The van der Waals surface area contributed by atoms with Crippen LogP contribution in [0.2, 0.25) is 5.02 Å². The predicted molar refractivity (Wildman–Crippen MR) is 57.2 cm³/mol.